The van der Waals surface area contributed by atoms with E-state index < -0.39 is 0 Å². The third-order valence-corrected chi connectivity index (χ3v) is 6.77. The third kappa shape index (κ3) is 4.69. The van der Waals surface area contributed by atoms with Crippen LogP contribution in [0.15, 0.2) is 48.9 Å². The van der Waals surface area contributed by atoms with E-state index in [0.29, 0.717) is 37.6 Å². The van der Waals surface area contributed by atoms with Gasteiger partial charge in [-0.3, -0.25) is 9.78 Å². The van der Waals surface area contributed by atoms with Gasteiger partial charge >= 0.3 is 0 Å². The van der Waals surface area contributed by atoms with Crippen LogP contribution in [-0.4, -0.2) is 66.7 Å². The highest BCUT2D eigenvalue weighted by molar-refractivity contribution is 5.98. The minimum atomic E-state index is 0.00932. The van der Waals surface area contributed by atoms with E-state index in [-0.39, 0.29) is 11.8 Å². The number of ether oxygens (including phenoxy) is 2. The van der Waals surface area contributed by atoms with Gasteiger partial charge in [0.1, 0.15) is 5.75 Å². The van der Waals surface area contributed by atoms with Gasteiger partial charge in [0.25, 0.3) is 5.91 Å². The van der Waals surface area contributed by atoms with Crippen molar-refractivity contribution in [3.05, 3.63) is 60.2 Å². The van der Waals surface area contributed by atoms with Crippen LogP contribution in [-0.2, 0) is 11.2 Å². The summed E-state index contributed by atoms with van der Waals surface area (Å²) in [5.74, 6) is 0.818. The Labute approximate surface area is 194 Å². The van der Waals surface area contributed by atoms with Gasteiger partial charge in [0.2, 0.25) is 0 Å². The van der Waals surface area contributed by atoms with Crippen LogP contribution in [0, 0.1) is 5.92 Å². The number of methoxy groups -OCH3 is 1. The maximum atomic E-state index is 13.7. The highest BCUT2D eigenvalue weighted by atomic mass is 16.5. The molecule has 1 unspecified atom stereocenters. The largest absolute Gasteiger partial charge is 0.496 e. The maximum Gasteiger partial charge on any atom is 0.257 e. The fourth-order valence-corrected chi connectivity index (χ4v) is 5.03. The SMILES string of the molecule is COc1ccc(N2CCCCC2)cc1C(=O)N1CCOCC(Cc2nccn3cccc23)C1. The molecular formula is C26H32N4O3. The van der Waals surface area contributed by atoms with Gasteiger partial charge in [-0.2, -0.15) is 0 Å². The molecule has 2 aliphatic rings. The number of fused-ring (bicyclic) bond motifs is 1. The maximum absolute atomic E-state index is 13.7. The van der Waals surface area contributed by atoms with Gasteiger partial charge < -0.3 is 23.7 Å². The lowest BCUT2D eigenvalue weighted by Crippen LogP contribution is -2.37. The fraction of sp³-hybridized carbons (Fsp3) is 0.462. The molecule has 1 atom stereocenters. The number of piperidine rings is 1. The number of carbonyl (C=O) groups is 1. The van der Waals surface area contributed by atoms with Crippen molar-refractivity contribution in [2.24, 2.45) is 5.92 Å². The first kappa shape index (κ1) is 21.8. The molecule has 0 saturated carbocycles. The lowest BCUT2D eigenvalue weighted by atomic mass is 10.0. The topological polar surface area (TPSA) is 59.3 Å². The highest BCUT2D eigenvalue weighted by Gasteiger charge is 2.27. The smallest absolute Gasteiger partial charge is 0.257 e. The summed E-state index contributed by atoms with van der Waals surface area (Å²) in [7, 11) is 1.63. The van der Waals surface area contributed by atoms with Crippen LogP contribution in [0.1, 0.15) is 35.3 Å². The summed E-state index contributed by atoms with van der Waals surface area (Å²) in [5, 5.41) is 0. The van der Waals surface area contributed by atoms with E-state index in [2.05, 4.69) is 26.4 Å². The number of carbonyl (C=O) groups excluding carboxylic acids is 1. The summed E-state index contributed by atoms with van der Waals surface area (Å²) in [4.78, 5) is 22.6. The first-order valence-electron chi connectivity index (χ1n) is 11.9. The average molecular weight is 449 g/mol. The summed E-state index contributed by atoms with van der Waals surface area (Å²) < 4.78 is 13.6. The van der Waals surface area contributed by atoms with Crippen LogP contribution in [0.5, 0.6) is 5.75 Å². The molecule has 174 valence electrons. The predicted molar refractivity (Wildman–Crippen MR) is 128 cm³/mol. The molecular weight excluding hydrogens is 416 g/mol. The normalized spacial score (nSPS) is 19.5. The zero-order chi connectivity index (χ0) is 22.6. The average Bonchev–Trinajstić information content (AvgIpc) is 3.23. The van der Waals surface area contributed by atoms with E-state index >= 15 is 0 Å². The number of aromatic nitrogens is 2. The molecule has 3 aromatic rings. The number of nitrogens with zero attached hydrogens (tertiary/aromatic N) is 4. The first-order chi connectivity index (χ1) is 16.2. The van der Waals surface area contributed by atoms with Crippen LogP contribution >= 0.6 is 0 Å². The van der Waals surface area contributed by atoms with E-state index in [0.717, 1.165) is 36.4 Å². The third-order valence-electron chi connectivity index (χ3n) is 6.77. The zero-order valence-electron chi connectivity index (χ0n) is 19.3. The number of hydrogen-bond donors (Lipinski definition) is 0. The number of hydrogen-bond acceptors (Lipinski definition) is 5. The van der Waals surface area contributed by atoms with Crippen molar-refractivity contribution >= 4 is 17.1 Å². The van der Waals surface area contributed by atoms with Gasteiger partial charge in [0.15, 0.2) is 0 Å². The summed E-state index contributed by atoms with van der Waals surface area (Å²) in [5.41, 5.74) is 3.88. The van der Waals surface area contributed by atoms with E-state index in [9.17, 15) is 4.79 Å². The quantitative estimate of drug-likeness (QED) is 0.596. The minimum absolute atomic E-state index is 0.00932. The molecule has 33 heavy (non-hydrogen) atoms. The molecule has 5 rings (SSSR count). The summed E-state index contributed by atoms with van der Waals surface area (Å²) in [6.45, 7) is 4.46. The lowest BCUT2D eigenvalue weighted by molar-refractivity contribution is 0.0734. The molecule has 1 aromatic carbocycles. The summed E-state index contributed by atoms with van der Waals surface area (Å²) >= 11 is 0. The van der Waals surface area contributed by atoms with Gasteiger partial charge in [-0.05, 0) is 56.0 Å². The summed E-state index contributed by atoms with van der Waals surface area (Å²) in [6, 6.07) is 10.1. The molecule has 0 aliphatic carbocycles. The van der Waals surface area contributed by atoms with Gasteiger partial charge in [-0.1, -0.05) is 0 Å². The predicted octanol–water partition coefficient (Wildman–Crippen LogP) is 3.66. The van der Waals surface area contributed by atoms with Crippen molar-refractivity contribution in [2.75, 3.05) is 51.4 Å². The Morgan fingerprint density at radius 2 is 2.03 bits per heavy atom. The van der Waals surface area contributed by atoms with Crippen molar-refractivity contribution < 1.29 is 14.3 Å². The van der Waals surface area contributed by atoms with Crippen molar-refractivity contribution in [2.45, 2.75) is 25.7 Å². The van der Waals surface area contributed by atoms with Gasteiger partial charge in [-0.25, -0.2) is 0 Å². The van der Waals surface area contributed by atoms with E-state index in [1.165, 1.54) is 19.3 Å². The van der Waals surface area contributed by atoms with Crippen molar-refractivity contribution in [1.82, 2.24) is 14.3 Å². The second kappa shape index (κ2) is 9.83. The van der Waals surface area contributed by atoms with E-state index in [4.69, 9.17) is 9.47 Å². The molecule has 2 fully saturated rings. The Morgan fingerprint density at radius 1 is 1.15 bits per heavy atom. The Kier molecular flexibility index (Phi) is 6.48. The molecule has 0 radical (unpaired) electrons. The second-order valence-corrected chi connectivity index (χ2v) is 9.00. The molecule has 1 amide bonds. The molecule has 4 heterocycles. The number of benzene rings is 1. The minimum Gasteiger partial charge on any atom is -0.496 e. The van der Waals surface area contributed by atoms with E-state index in [1.54, 1.807) is 7.11 Å². The molecule has 7 heteroatoms. The van der Waals surface area contributed by atoms with Crippen LogP contribution in [0.3, 0.4) is 0 Å². The molecule has 0 N–H and O–H groups in total. The first-order valence-corrected chi connectivity index (χ1v) is 11.9. The van der Waals surface area contributed by atoms with Crippen molar-refractivity contribution in [1.29, 1.82) is 0 Å². The molecule has 2 aliphatic heterocycles. The number of rotatable bonds is 5. The Balaban J connectivity index is 1.36. The van der Waals surface area contributed by atoms with Crippen LogP contribution < -0.4 is 9.64 Å². The van der Waals surface area contributed by atoms with E-state index in [1.807, 2.05) is 41.7 Å². The van der Waals surface area contributed by atoms with Gasteiger partial charge in [0, 0.05) is 56.4 Å². The molecule has 2 saturated heterocycles. The number of anilines is 1. The molecule has 0 spiro atoms. The van der Waals surface area contributed by atoms with Gasteiger partial charge in [-0.15, -0.1) is 0 Å². The Hall–Kier alpha value is -3.06. The number of amides is 1. The molecule has 0 bridgehead atoms. The Bertz CT molecular complexity index is 1110. The fourth-order valence-electron chi connectivity index (χ4n) is 5.03. The molecule has 7 nitrogen and oxygen atoms in total. The monoisotopic (exact) mass is 448 g/mol. The highest BCUT2D eigenvalue weighted by Crippen LogP contribution is 2.29. The standard InChI is InChI=1S/C26H32N4O3/c1-32-25-8-7-21(28-10-3-2-4-11-28)17-22(25)26(31)30-14-15-33-19-20(18-30)16-23-24-6-5-12-29(24)13-9-27-23/h5-9,12-13,17,20H,2-4,10-11,14-16,18-19H2,1H3. The van der Waals surface area contributed by atoms with Gasteiger partial charge in [0.05, 0.1) is 37.1 Å². The second-order valence-electron chi connectivity index (χ2n) is 9.00. The van der Waals surface area contributed by atoms with Crippen LogP contribution in [0.25, 0.3) is 5.52 Å². The van der Waals surface area contributed by atoms with Crippen LogP contribution in [0.4, 0.5) is 5.69 Å². The van der Waals surface area contributed by atoms with Crippen LogP contribution in [0.2, 0.25) is 0 Å². The summed E-state index contributed by atoms with van der Waals surface area (Å²) in [6.07, 6.45) is 10.3. The zero-order valence-corrected chi connectivity index (χ0v) is 19.3. The Morgan fingerprint density at radius 3 is 2.88 bits per heavy atom. The lowest BCUT2D eigenvalue weighted by Gasteiger charge is -2.30. The van der Waals surface area contributed by atoms with Crippen molar-refractivity contribution in [3.8, 4) is 5.75 Å². The molecule has 2 aromatic heterocycles. The van der Waals surface area contributed by atoms with Crippen molar-refractivity contribution in [3.63, 3.8) is 0 Å².